The molecule has 4 heteroatoms. The molecule has 1 aromatic rings. The number of anilines is 1. The van der Waals surface area contributed by atoms with E-state index in [0.717, 1.165) is 17.1 Å². The molecule has 1 unspecified atom stereocenters. The molecule has 0 bridgehead atoms. The maximum Gasteiger partial charge on any atom is 0.326 e. The van der Waals surface area contributed by atoms with Crippen LogP contribution in [0.25, 0.3) is 0 Å². The minimum Gasteiger partial charge on any atom is -0.480 e. The van der Waals surface area contributed by atoms with Crippen LogP contribution in [0.5, 0.6) is 0 Å². The van der Waals surface area contributed by atoms with Crippen molar-refractivity contribution in [3.8, 4) is 0 Å². The lowest BCUT2D eigenvalue weighted by Gasteiger charge is -2.14. The number of rotatable bonds is 4. The van der Waals surface area contributed by atoms with Gasteiger partial charge < -0.3 is 10.4 Å². The summed E-state index contributed by atoms with van der Waals surface area (Å²) in [7, 11) is 0. The molecular formula is C11H16N2O2. The molecule has 0 radical (unpaired) electrons. The number of aromatic nitrogens is 1. The van der Waals surface area contributed by atoms with E-state index in [2.05, 4.69) is 10.3 Å². The zero-order chi connectivity index (χ0) is 11.4. The first kappa shape index (κ1) is 11.5. The fourth-order valence-corrected chi connectivity index (χ4v) is 1.46. The van der Waals surface area contributed by atoms with Crippen molar-refractivity contribution in [3.05, 3.63) is 23.5 Å². The molecular weight excluding hydrogens is 192 g/mol. The first-order valence-corrected chi connectivity index (χ1v) is 4.97. The van der Waals surface area contributed by atoms with E-state index in [4.69, 9.17) is 5.11 Å². The van der Waals surface area contributed by atoms with Gasteiger partial charge in [0.1, 0.15) is 6.04 Å². The molecule has 2 N–H and O–H groups in total. The predicted molar refractivity (Wildman–Crippen MR) is 59.0 cm³/mol. The van der Waals surface area contributed by atoms with Crippen molar-refractivity contribution in [1.82, 2.24) is 4.98 Å². The number of pyridine rings is 1. The average Bonchev–Trinajstić information content (AvgIpc) is 2.12. The second-order valence-corrected chi connectivity index (χ2v) is 3.58. The Kier molecular flexibility index (Phi) is 3.66. The molecule has 0 saturated carbocycles. The lowest BCUT2D eigenvalue weighted by atomic mass is 10.2. The molecule has 0 spiro atoms. The van der Waals surface area contributed by atoms with Gasteiger partial charge in [-0.3, -0.25) is 4.98 Å². The molecule has 1 rings (SSSR count). The van der Waals surface area contributed by atoms with Crippen LogP contribution in [0.15, 0.2) is 12.1 Å². The summed E-state index contributed by atoms with van der Waals surface area (Å²) in [5.41, 5.74) is 2.59. The van der Waals surface area contributed by atoms with Gasteiger partial charge in [0.25, 0.3) is 0 Å². The Morgan fingerprint density at radius 2 is 2.00 bits per heavy atom. The molecule has 82 valence electrons. The summed E-state index contributed by atoms with van der Waals surface area (Å²) in [6, 6.07) is 3.16. The minimum atomic E-state index is -0.829. The number of nitrogens with zero attached hydrogens (tertiary/aromatic N) is 1. The van der Waals surface area contributed by atoms with E-state index in [1.54, 1.807) is 0 Å². The summed E-state index contributed by atoms with van der Waals surface area (Å²) in [6.07, 6.45) is 0.551. The Morgan fingerprint density at radius 1 is 1.47 bits per heavy atom. The number of nitrogens with one attached hydrogen (secondary N) is 1. The topological polar surface area (TPSA) is 62.2 Å². The first-order chi connectivity index (χ1) is 7.02. The van der Waals surface area contributed by atoms with E-state index >= 15 is 0 Å². The van der Waals surface area contributed by atoms with Crippen molar-refractivity contribution in [3.63, 3.8) is 0 Å². The SMILES string of the molecule is CCC(Nc1cc(C)nc(C)c1)C(=O)O. The molecule has 0 aliphatic heterocycles. The Labute approximate surface area is 89.3 Å². The number of aryl methyl sites for hydroxylation is 2. The molecule has 1 heterocycles. The smallest absolute Gasteiger partial charge is 0.326 e. The van der Waals surface area contributed by atoms with E-state index in [1.165, 1.54) is 0 Å². The van der Waals surface area contributed by atoms with Gasteiger partial charge in [0, 0.05) is 17.1 Å². The third-order valence-electron chi connectivity index (χ3n) is 2.13. The fourth-order valence-electron chi connectivity index (χ4n) is 1.46. The van der Waals surface area contributed by atoms with Gasteiger partial charge in [0.2, 0.25) is 0 Å². The third kappa shape index (κ3) is 3.23. The second kappa shape index (κ2) is 4.77. The van der Waals surface area contributed by atoms with Gasteiger partial charge in [-0.05, 0) is 32.4 Å². The van der Waals surface area contributed by atoms with E-state index in [9.17, 15) is 4.79 Å². The summed E-state index contributed by atoms with van der Waals surface area (Å²) in [4.78, 5) is 15.1. The molecule has 0 amide bonds. The molecule has 0 aliphatic rings. The van der Waals surface area contributed by atoms with Gasteiger partial charge in [0.15, 0.2) is 0 Å². The van der Waals surface area contributed by atoms with E-state index in [-0.39, 0.29) is 0 Å². The van der Waals surface area contributed by atoms with Gasteiger partial charge in [0.05, 0.1) is 0 Å². The number of hydrogen-bond donors (Lipinski definition) is 2. The van der Waals surface area contributed by atoms with Gasteiger partial charge in [-0.25, -0.2) is 4.79 Å². The first-order valence-electron chi connectivity index (χ1n) is 4.97. The lowest BCUT2D eigenvalue weighted by molar-refractivity contribution is -0.137. The van der Waals surface area contributed by atoms with E-state index < -0.39 is 12.0 Å². The van der Waals surface area contributed by atoms with Crippen molar-refractivity contribution < 1.29 is 9.90 Å². The maximum atomic E-state index is 10.8. The van der Waals surface area contributed by atoms with Crippen LogP contribution >= 0.6 is 0 Å². The number of carboxylic acids is 1. The molecule has 0 aliphatic carbocycles. The van der Waals surface area contributed by atoms with Crippen LogP contribution < -0.4 is 5.32 Å². The summed E-state index contributed by atoms with van der Waals surface area (Å²) >= 11 is 0. The number of carbonyl (C=O) groups is 1. The average molecular weight is 208 g/mol. The highest BCUT2D eigenvalue weighted by molar-refractivity contribution is 5.77. The van der Waals surface area contributed by atoms with Gasteiger partial charge in [-0.15, -0.1) is 0 Å². The van der Waals surface area contributed by atoms with Crippen molar-refractivity contribution >= 4 is 11.7 Å². The molecule has 15 heavy (non-hydrogen) atoms. The number of hydrogen-bond acceptors (Lipinski definition) is 3. The third-order valence-corrected chi connectivity index (χ3v) is 2.13. The largest absolute Gasteiger partial charge is 0.480 e. The van der Waals surface area contributed by atoms with Crippen LogP contribution in [0.3, 0.4) is 0 Å². The van der Waals surface area contributed by atoms with Gasteiger partial charge in [-0.1, -0.05) is 6.92 Å². The summed E-state index contributed by atoms with van der Waals surface area (Å²) < 4.78 is 0. The lowest BCUT2D eigenvalue weighted by Crippen LogP contribution is -2.28. The maximum absolute atomic E-state index is 10.8. The van der Waals surface area contributed by atoms with Crippen molar-refractivity contribution in [2.24, 2.45) is 0 Å². The quantitative estimate of drug-likeness (QED) is 0.794. The van der Waals surface area contributed by atoms with E-state index in [1.807, 2.05) is 32.9 Å². The predicted octanol–water partition coefficient (Wildman–Crippen LogP) is 1.97. The zero-order valence-corrected chi connectivity index (χ0v) is 9.24. The van der Waals surface area contributed by atoms with Crippen LogP contribution in [0.1, 0.15) is 24.7 Å². The van der Waals surface area contributed by atoms with Crippen LogP contribution in [0.4, 0.5) is 5.69 Å². The molecule has 4 nitrogen and oxygen atoms in total. The second-order valence-electron chi connectivity index (χ2n) is 3.58. The molecule has 0 aromatic carbocycles. The van der Waals surface area contributed by atoms with Crippen molar-refractivity contribution in [2.75, 3.05) is 5.32 Å². The Bertz CT molecular complexity index is 343. The van der Waals surface area contributed by atoms with Crippen LogP contribution in [-0.2, 0) is 4.79 Å². The summed E-state index contributed by atoms with van der Waals surface area (Å²) in [6.45, 7) is 5.62. The molecule has 1 atom stereocenters. The monoisotopic (exact) mass is 208 g/mol. The van der Waals surface area contributed by atoms with E-state index in [0.29, 0.717) is 6.42 Å². The molecule has 1 aromatic heterocycles. The highest BCUT2D eigenvalue weighted by atomic mass is 16.4. The Hall–Kier alpha value is -1.58. The Balaban J connectivity index is 2.83. The minimum absolute atomic E-state index is 0.536. The highest BCUT2D eigenvalue weighted by Gasteiger charge is 2.14. The normalized spacial score (nSPS) is 12.2. The fraction of sp³-hybridized carbons (Fsp3) is 0.455. The van der Waals surface area contributed by atoms with Gasteiger partial charge >= 0.3 is 5.97 Å². The Morgan fingerprint density at radius 3 is 2.40 bits per heavy atom. The van der Waals surface area contributed by atoms with Crippen molar-refractivity contribution in [2.45, 2.75) is 33.2 Å². The zero-order valence-electron chi connectivity index (χ0n) is 9.24. The standard InChI is InChI=1S/C11H16N2O2/c1-4-10(11(14)15)13-9-5-7(2)12-8(3)6-9/h5-6,10H,4H2,1-3H3,(H,12,13)(H,14,15). The van der Waals surface area contributed by atoms with Crippen molar-refractivity contribution in [1.29, 1.82) is 0 Å². The number of carboxylic acid groups (broad SMARTS) is 1. The number of aliphatic carboxylic acids is 1. The molecule has 0 fully saturated rings. The molecule has 0 saturated heterocycles. The summed E-state index contributed by atoms with van der Waals surface area (Å²) in [5, 5.41) is 11.9. The van der Waals surface area contributed by atoms with Crippen LogP contribution in [-0.4, -0.2) is 22.1 Å². The summed E-state index contributed by atoms with van der Waals surface area (Å²) in [5.74, 6) is -0.829. The van der Waals surface area contributed by atoms with Crippen LogP contribution in [0.2, 0.25) is 0 Å². The highest BCUT2D eigenvalue weighted by Crippen LogP contribution is 2.12. The van der Waals surface area contributed by atoms with Crippen LogP contribution in [0, 0.1) is 13.8 Å². The van der Waals surface area contributed by atoms with Gasteiger partial charge in [-0.2, -0.15) is 0 Å².